The molecule has 0 saturated carbocycles. The van der Waals surface area contributed by atoms with E-state index in [1.807, 2.05) is 0 Å². The summed E-state index contributed by atoms with van der Waals surface area (Å²) < 4.78 is 17.0. The van der Waals surface area contributed by atoms with Crippen LogP contribution in [0.5, 0.6) is 0 Å². The zero-order chi connectivity index (χ0) is 12.8. The summed E-state index contributed by atoms with van der Waals surface area (Å²) in [6.07, 6.45) is -0.292. The van der Waals surface area contributed by atoms with Gasteiger partial charge in [0.1, 0.15) is 0 Å². The Bertz CT molecular complexity index is 362. The molecule has 0 atom stereocenters. The summed E-state index contributed by atoms with van der Waals surface area (Å²) >= 11 is 2.35. The Balaban J connectivity index is 2.57. The van der Waals surface area contributed by atoms with Crippen LogP contribution in [0.3, 0.4) is 0 Å². The average molecular weight is 350 g/mol. The summed E-state index contributed by atoms with van der Waals surface area (Å²) in [6, 6.07) is 4.33. The smallest absolute Gasteiger partial charge is 0.180 e. The van der Waals surface area contributed by atoms with Crippen molar-refractivity contribution in [2.45, 2.75) is 26.7 Å². The average Bonchev–Trinajstić information content (AvgIpc) is 2.30. The van der Waals surface area contributed by atoms with E-state index in [2.05, 4.69) is 48.6 Å². The molecule has 0 radical (unpaired) electrons. The van der Waals surface area contributed by atoms with Gasteiger partial charge in [0.05, 0.1) is 13.2 Å². The topological polar surface area (TPSA) is 27.7 Å². The van der Waals surface area contributed by atoms with E-state index in [1.54, 1.807) is 14.2 Å². The first-order valence-electron chi connectivity index (χ1n) is 5.47. The van der Waals surface area contributed by atoms with E-state index in [0.717, 1.165) is 0 Å². The molecule has 0 spiro atoms. The SMILES string of the molecule is COC(COCc1cc(C)cc(I)c1C)OC. The lowest BCUT2D eigenvalue weighted by Crippen LogP contribution is -2.20. The first-order chi connectivity index (χ1) is 8.08. The number of rotatable bonds is 6. The van der Waals surface area contributed by atoms with Gasteiger partial charge in [-0.1, -0.05) is 6.07 Å². The molecule has 96 valence electrons. The minimum atomic E-state index is -0.292. The zero-order valence-corrected chi connectivity index (χ0v) is 12.9. The summed E-state index contributed by atoms with van der Waals surface area (Å²) in [5.41, 5.74) is 3.76. The summed E-state index contributed by atoms with van der Waals surface area (Å²) in [5.74, 6) is 0. The van der Waals surface area contributed by atoms with E-state index < -0.39 is 0 Å². The van der Waals surface area contributed by atoms with Gasteiger partial charge < -0.3 is 14.2 Å². The molecule has 4 heteroatoms. The molecule has 0 amide bonds. The molecule has 0 aromatic heterocycles. The largest absolute Gasteiger partial charge is 0.371 e. The second kappa shape index (κ2) is 7.31. The van der Waals surface area contributed by atoms with Crippen LogP contribution < -0.4 is 0 Å². The van der Waals surface area contributed by atoms with Crippen molar-refractivity contribution in [1.82, 2.24) is 0 Å². The number of methoxy groups -OCH3 is 2. The molecule has 0 aliphatic rings. The molecule has 0 saturated heterocycles. The highest BCUT2D eigenvalue weighted by Gasteiger charge is 2.07. The highest BCUT2D eigenvalue weighted by atomic mass is 127. The fraction of sp³-hybridized carbons (Fsp3) is 0.538. The van der Waals surface area contributed by atoms with Gasteiger partial charge in [0, 0.05) is 17.8 Å². The molecule has 1 aromatic rings. The molecule has 0 aliphatic carbocycles. The van der Waals surface area contributed by atoms with Crippen molar-refractivity contribution < 1.29 is 14.2 Å². The van der Waals surface area contributed by atoms with Gasteiger partial charge in [-0.3, -0.25) is 0 Å². The molecule has 1 rings (SSSR count). The van der Waals surface area contributed by atoms with Gasteiger partial charge in [-0.2, -0.15) is 0 Å². The van der Waals surface area contributed by atoms with Gasteiger partial charge in [-0.25, -0.2) is 0 Å². The highest BCUT2D eigenvalue weighted by Crippen LogP contribution is 2.19. The quantitative estimate of drug-likeness (QED) is 0.583. The van der Waals surface area contributed by atoms with Crippen LogP contribution in [0.4, 0.5) is 0 Å². The Kier molecular flexibility index (Phi) is 6.40. The predicted molar refractivity (Wildman–Crippen MR) is 76.1 cm³/mol. The van der Waals surface area contributed by atoms with E-state index in [9.17, 15) is 0 Å². The van der Waals surface area contributed by atoms with E-state index in [1.165, 1.54) is 20.3 Å². The summed E-state index contributed by atoms with van der Waals surface area (Å²) in [5, 5.41) is 0. The third kappa shape index (κ3) is 4.54. The van der Waals surface area contributed by atoms with E-state index >= 15 is 0 Å². The lowest BCUT2D eigenvalue weighted by molar-refractivity contribution is -0.142. The summed E-state index contributed by atoms with van der Waals surface area (Å²) in [4.78, 5) is 0. The number of hydrogen-bond donors (Lipinski definition) is 0. The van der Waals surface area contributed by atoms with Gasteiger partial charge in [-0.15, -0.1) is 0 Å². The van der Waals surface area contributed by atoms with Crippen LogP contribution in [0.25, 0.3) is 0 Å². The fourth-order valence-electron chi connectivity index (χ4n) is 1.53. The third-order valence-corrected chi connectivity index (χ3v) is 3.75. The van der Waals surface area contributed by atoms with Crippen molar-refractivity contribution in [2.75, 3.05) is 20.8 Å². The second-order valence-electron chi connectivity index (χ2n) is 3.95. The van der Waals surface area contributed by atoms with Crippen molar-refractivity contribution in [3.05, 3.63) is 32.4 Å². The second-order valence-corrected chi connectivity index (χ2v) is 5.11. The first-order valence-corrected chi connectivity index (χ1v) is 6.55. The maximum atomic E-state index is 5.60. The molecule has 0 N–H and O–H groups in total. The Morgan fingerprint density at radius 1 is 1.18 bits per heavy atom. The van der Waals surface area contributed by atoms with Gasteiger partial charge >= 0.3 is 0 Å². The molecule has 0 fully saturated rings. The van der Waals surface area contributed by atoms with Crippen molar-refractivity contribution in [3.8, 4) is 0 Å². The van der Waals surface area contributed by atoms with Crippen LogP contribution in [0.2, 0.25) is 0 Å². The molecular formula is C13H19IO3. The van der Waals surface area contributed by atoms with Crippen LogP contribution in [-0.4, -0.2) is 27.1 Å². The van der Waals surface area contributed by atoms with Gasteiger partial charge in [0.25, 0.3) is 0 Å². The number of hydrogen-bond acceptors (Lipinski definition) is 3. The van der Waals surface area contributed by atoms with Gasteiger partial charge in [-0.05, 0) is 59.2 Å². The molecule has 0 bridgehead atoms. The normalized spacial score (nSPS) is 11.2. The van der Waals surface area contributed by atoms with Crippen LogP contribution >= 0.6 is 22.6 Å². The predicted octanol–water partition coefficient (Wildman–Crippen LogP) is 3.04. The minimum Gasteiger partial charge on any atom is -0.371 e. The van der Waals surface area contributed by atoms with E-state index in [4.69, 9.17) is 14.2 Å². The van der Waals surface area contributed by atoms with Gasteiger partial charge in [0.2, 0.25) is 0 Å². The molecule has 3 nitrogen and oxygen atoms in total. The number of aryl methyl sites for hydroxylation is 1. The maximum absolute atomic E-state index is 5.60. The summed E-state index contributed by atoms with van der Waals surface area (Å²) in [6.45, 7) is 5.24. The standard InChI is InChI=1S/C13H19IO3/c1-9-5-11(10(2)12(14)6-9)7-17-8-13(15-3)16-4/h5-6,13H,7-8H2,1-4H3. The van der Waals surface area contributed by atoms with E-state index in [-0.39, 0.29) is 6.29 Å². The van der Waals surface area contributed by atoms with Crippen molar-refractivity contribution >= 4 is 22.6 Å². The Labute approximate surface area is 117 Å². The molecule has 0 unspecified atom stereocenters. The number of benzene rings is 1. The first kappa shape index (κ1) is 14.9. The molecular weight excluding hydrogens is 331 g/mol. The van der Waals surface area contributed by atoms with Crippen molar-refractivity contribution in [2.24, 2.45) is 0 Å². The van der Waals surface area contributed by atoms with Crippen molar-refractivity contribution in [3.63, 3.8) is 0 Å². The van der Waals surface area contributed by atoms with Crippen LogP contribution in [0.15, 0.2) is 12.1 Å². The summed E-state index contributed by atoms with van der Waals surface area (Å²) in [7, 11) is 3.22. The van der Waals surface area contributed by atoms with Crippen LogP contribution in [-0.2, 0) is 20.8 Å². The monoisotopic (exact) mass is 350 g/mol. The third-order valence-electron chi connectivity index (χ3n) is 2.63. The number of ether oxygens (including phenoxy) is 3. The molecule has 0 heterocycles. The lowest BCUT2D eigenvalue weighted by Gasteiger charge is -2.15. The van der Waals surface area contributed by atoms with E-state index in [0.29, 0.717) is 13.2 Å². The molecule has 0 aliphatic heterocycles. The minimum absolute atomic E-state index is 0.292. The zero-order valence-electron chi connectivity index (χ0n) is 10.7. The maximum Gasteiger partial charge on any atom is 0.180 e. The van der Waals surface area contributed by atoms with Gasteiger partial charge in [0.15, 0.2) is 6.29 Å². The molecule has 1 aromatic carbocycles. The molecule has 17 heavy (non-hydrogen) atoms. The Hall–Kier alpha value is -0.170. The Morgan fingerprint density at radius 3 is 2.41 bits per heavy atom. The van der Waals surface area contributed by atoms with Crippen LogP contribution in [0, 0.1) is 17.4 Å². The van der Waals surface area contributed by atoms with Crippen LogP contribution in [0.1, 0.15) is 16.7 Å². The highest BCUT2D eigenvalue weighted by molar-refractivity contribution is 14.1. The Morgan fingerprint density at radius 2 is 1.82 bits per heavy atom. The van der Waals surface area contributed by atoms with Crippen molar-refractivity contribution in [1.29, 1.82) is 0 Å². The lowest BCUT2D eigenvalue weighted by atomic mass is 10.1. The number of halogens is 1. The fourth-order valence-corrected chi connectivity index (χ4v) is 2.37.